The smallest absolute Gasteiger partial charge is 0.235 e. The quantitative estimate of drug-likeness (QED) is 0.196. The summed E-state index contributed by atoms with van der Waals surface area (Å²) in [5.41, 5.74) is 11.9. The van der Waals surface area contributed by atoms with Crippen molar-refractivity contribution >= 4 is 71.6 Å². The summed E-state index contributed by atoms with van der Waals surface area (Å²) in [4.78, 5) is 13.1. The second-order valence-electron chi connectivity index (χ2n) is 12.7. The van der Waals surface area contributed by atoms with E-state index in [0.717, 1.165) is 61.5 Å². The van der Waals surface area contributed by atoms with Crippen molar-refractivity contribution in [2.24, 2.45) is 0 Å². The van der Waals surface area contributed by atoms with Gasteiger partial charge in [-0.3, -0.25) is 4.57 Å². The average molecular weight is 626 g/mol. The summed E-state index contributed by atoms with van der Waals surface area (Å²) in [6.07, 6.45) is 0. The van der Waals surface area contributed by atoms with Gasteiger partial charge in [-0.2, -0.15) is 0 Å². The summed E-state index contributed by atoms with van der Waals surface area (Å²) in [6.45, 7) is 0. The van der Waals surface area contributed by atoms with Gasteiger partial charge in [0.05, 0.1) is 50.0 Å². The highest BCUT2D eigenvalue weighted by Crippen LogP contribution is 2.50. The molecule has 0 amide bonds. The highest BCUT2D eigenvalue weighted by molar-refractivity contribution is 6.19. The second kappa shape index (κ2) is 9.89. The second-order valence-corrected chi connectivity index (χ2v) is 12.7. The first-order chi connectivity index (χ1) is 24.3. The van der Waals surface area contributed by atoms with E-state index in [1.165, 1.54) is 27.1 Å². The van der Waals surface area contributed by atoms with Crippen LogP contribution in [0.25, 0.3) is 77.4 Å². The summed E-state index contributed by atoms with van der Waals surface area (Å²) < 4.78 is 4.63. The van der Waals surface area contributed by atoms with Crippen LogP contribution in [-0.4, -0.2) is 19.1 Å². The van der Waals surface area contributed by atoms with Crippen molar-refractivity contribution in [2.45, 2.75) is 0 Å². The number of hydrogen-bond donors (Lipinski definition) is 0. The van der Waals surface area contributed by atoms with Gasteiger partial charge in [0.15, 0.2) is 0 Å². The van der Waals surface area contributed by atoms with Crippen molar-refractivity contribution in [3.63, 3.8) is 0 Å². The zero-order chi connectivity index (χ0) is 32.1. The summed E-state index contributed by atoms with van der Waals surface area (Å²) >= 11 is 0. The van der Waals surface area contributed by atoms with Crippen molar-refractivity contribution in [3.05, 3.63) is 164 Å². The number of nitrogens with zero attached hydrogens (tertiary/aromatic N) is 5. The maximum atomic E-state index is 5.47. The molecular weight excluding hydrogens is 599 g/mol. The van der Waals surface area contributed by atoms with Crippen LogP contribution in [0.3, 0.4) is 0 Å². The lowest BCUT2D eigenvalue weighted by Crippen LogP contribution is -2.16. The number of aromatic nitrogens is 4. The summed E-state index contributed by atoms with van der Waals surface area (Å²) in [6, 6.07) is 58.2. The molecule has 5 heteroatoms. The molecule has 0 bridgehead atoms. The summed E-state index contributed by atoms with van der Waals surface area (Å²) in [7, 11) is 0. The number of rotatable bonds is 3. The van der Waals surface area contributed by atoms with Gasteiger partial charge >= 0.3 is 0 Å². The Balaban J connectivity index is 1.25. The van der Waals surface area contributed by atoms with Gasteiger partial charge in [-0.25, -0.2) is 9.97 Å². The van der Waals surface area contributed by atoms with E-state index in [0.29, 0.717) is 5.95 Å². The number of benzene rings is 7. The van der Waals surface area contributed by atoms with Crippen molar-refractivity contribution in [1.82, 2.24) is 19.1 Å². The first-order valence-corrected chi connectivity index (χ1v) is 16.6. The standard InChI is InChI=1S/C44H27N5/c1-3-14-28(15-4-1)47-38-24-12-9-20-32(38)43-42-35(21-13-25-39(42)47)45-44(46-43)49-37-23-11-8-19-31(37)34-26-33-30-18-7-10-22-36(30)48(40(33)27-41(34)49)29-16-5-2-6-17-29/h1-27H. The number of hydrogen-bond acceptors (Lipinski definition) is 3. The lowest BCUT2D eigenvalue weighted by atomic mass is 9.96. The molecule has 49 heavy (non-hydrogen) atoms. The first-order valence-electron chi connectivity index (χ1n) is 16.6. The van der Waals surface area contributed by atoms with Crippen LogP contribution < -0.4 is 4.90 Å². The molecule has 1 aliphatic rings. The van der Waals surface area contributed by atoms with E-state index in [-0.39, 0.29) is 0 Å². The SMILES string of the molecule is c1ccc(N2c3ccccc3-c3nc(-n4c5ccccc5c5cc6c7ccccc7n(-c7ccccc7)c6cc54)nc4cccc2c34)cc1. The lowest BCUT2D eigenvalue weighted by molar-refractivity contribution is 1.01. The fourth-order valence-corrected chi connectivity index (χ4v) is 7.99. The molecule has 0 aliphatic carbocycles. The third kappa shape index (κ3) is 3.64. The predicted molar refractivity (Wildman–Crippen MR) is 202 cm³/mol. The topological polar surface area (TPSA) is 38.9 Å². The van der Waals surface area contributed by atoms with E-state index in [1.54, 1.807) is 0 Å². The normalized spacial score (nSPS) is 12.4. The highest BCUT2D eigenvalue weighted by Gasteiger charge is 2.29. The molecule has 11 rings (SSSR count). The minimum absolute atomic E-state index is 0.663. The van der Waals surface area contributed by atoms with E-state index < -0.39 is 0 Å². The zero-order valence-corrected chi connectivity index (χ0v) is 26.3. The van der Waals surface area contributed by atoms with E-state index in [9.17, 15) is 0 Å². The minimum Gasteiger partial charge on any atom is -0.309 e. The van der Waals surface area contributed by atoms with Crippen LogP contribution in [0.1, 0.15) is 0 Å². The zero-order valence-electron chi connectivity index (χ0n) is 26.3. The largest absolute Gasteiger partial charge is 0.309 e. The van der Waals surface area contributed by atoms with Crippen LogP contribution in [0.2, 0.25) is 0 Å². The third-order valence-corrected chi connectivity index (χ3v) is 10.0. The molecule has 0 atom stereocenters. The van der Waals surface area contributed by atoms with Crippen LogP contribution in [-0.2, 0) is 0 Å². The van der Waals surface area contributed by atoms with Gasteiger partial charge in [-0.15, -0.1) is 0 Å². The molecule has 1 aliphatic heterocycles. The maximum absolute atomic E-state index is 5.47. The fraction of sp³-hybridized carbons (Fsp3) is 0. The number of para-hydroxylation sites is 5. The molecule has 0 spiro atoms. The predicted octanol–water partition coefficient (Wildman–Crippen LogP) is 11.3. The molecule has 0 unspecified atom stereocenters. The third-order valence-electron chi connectivity index (χ3n) is 10.0. The highest BCUT2D eigenvalue weighted by atomic mass is 15.2. The van der Waals surface area contributed by atoms with Gasteiger partial charge in [-0.05, 0) is 66.7 Å². The Hall–Kier alpha value is -6.72. The van der Waals surface area contributed by atoms with Gasteiger partial charge < -0.3 is 9.47 Å². The van der Waals surface area contributed by atoms with E-state index in [2.05, 4.69) is 178 Å². The molecule has 0 saturated heterocycles. The average Bonchev–Trinajstić information content (AvgIpc) is 3.67. The van der Waals surface area contributed by atoms with Crippen LogP contribution in [0, 0.1) is 0 Å². The molecule has 10 aromatic rings. The number of anilines is 3. The van der Waals surface area contributed by atoms with E-state index in [4.69, 9.17) is 9.97 Å². The molecule has 5 nitrogen and oxygen atoms in total. The Morgan fingerprint density at radius 1 is 0.388 bits per heavy atom. The lowest BCUT2D eigenvalue weighted by Gasteiger charge is -2.32. The molecule has 0 fully saturated rings. The van der Waals surface area contributed by atoms with Gasteiger partial charge in [0.25, 0.3) is 0 Å². The molecular formula is C44H27N5. The molecule has 3 aromatic heterocycles. The Bertz CT molecular complexity index is 2940. The Labute approximate surface area is 281 Å². The fourth-order valence-electron chi connectivity index (χ4n) is 7.99. The Morgan fingerprint density at radius 3 is 1.73 bits per heavy atom. The molecule has 0 N–H and O–H groups in total. The van der Waals surface area contributed by atoms with Gasteiger partial charge in [-0.1, -0.05) is 97.1 Å². The van der Waals surface area contributed by atoms with E-state index >= 15 is 0 Å². The van der Waals surface area contributed by atoms with Gasteiger partial charge in [0, 0.05) is 38.5 Å². The van der Waals surface area contributed by atoms with E-state index in [1.807, 2.05) is 0 Å². The van der Waals surface area contributed by atoms with Crippen molar-refractivity contribution in [2.75, 3.05) is 4.90 Å². The van der Waals surface area contributed by atoms with Crippen LogP contribution in [0.5, 0.6) is 0 Å². The monoisotopic (exact) mass is 625 g/mol. The Morgan fingerprint density at radius 2 is 0.980 bits per heavy atom. The maximum Gasteiger partial charge on any atom is 0.235 e. The molecule has 4 heterocycles. The first kappa shape index (κ1) is 26.4. The van der Waals surface area contributed by atoms with Crippen molar-refractivity contribution < 1.29 is 0 Å². The Kier molecular flexibility index (Phi) is 5.32. The van der Waals surface area contributed by atoms with Crippen molar-refractivity contribution in [3.8, 4) is 22.9 Å². The number of fused-ring (bicyclic) bond motifs is 8. The minimum atomic E-state index is 0.663. The van der Waals surface area contributed by atoms with Crippen molar-refractivity contribution in [1.29, 1.82) is 0 Å². The van der Waals surface area contributed by atoms with Crippen LogP contribution in [0.15, 0.2) is 164 Å². The van der Waals surface area contributed by atoms with Gasteiger partial charge in [0.1, 0.15) is 0 Å². The summed E-state index contributed by atoms with van der Waals surface area (Å²) in [5.74, 6) is 0.663. The molecule has 228 valence electrons. The van der Waals surface area contributed by atoms with Crippen LogP contribution >= 0.6 is 0 Å². The summed E-state index contributed by atoms with van der Waals surface area (Å²) in [5, 5.41) is 5.88. The van der Waals surface area contributed by atoms with Gasteiger partial charge in [0.2, 0.25) is 5.95 Å². The molecule has 0 radical (unpaired) electrons. The van der Waals surface area contributed by atoms with Crippen LogP contribution in [0.4, 0.5) is 17.1 Å². The molecule has 0 saturated carbocycles. The molecule has 7 aromatic carbocycles.